The van der Waals surface area contributed by atoms with Gasteiger partial charge in [-0.2, -0.15) is 0 Å². The lowest BCUT2D eigenvalue weighted by Crippen LogP contribution is -2.60. The summed E-state index contributed by atoms with van der Waals surface area (Å²) in [6.07, 6.45) is 31.1. The first kappa shape index (κ1) is 85.3. The van der Waals surface area contributed by atoms with Gasteiger partial charge in [0.05, 0.1) is 47.0 Å². The van der Waals surface area contributed by atoms with Gasteiger partial charge in [-0.05, 0) is 25.7 Å². The molecule has 0 heterocycles. The Morgan fingerprint density at radius 1 is 0.314 bits per heavy atom. The van der Waals surface area contributed by atoms with Gasteiger partial charge in [0.2, 0.25) is 0 Å². The number of aliphatic hydroxyl groups is 13. The Morgan fingerprint density at radius 2 is 0.628 bits per heavy atom. The van der Waals surface area contributed by atoms with Crippen molar-refractivity contribution in [1.82, 2.24) is 0 Å². The van der Waals surface area contributed by atoms with Crippen molar-refractivity contribution in [2.75, 3.05) is 86.9 Å². The van der Waals surface area contributed by atoms with E-state index in [1.165, 1.54) is 205 Å². The van der Waals surface area contributed by atoms with Crippen LogP contribution in [-0.4, -0.2) is 235 Å². The Labute approximate surface area is 525 Å². The molecule has 0 saturated heterocycles. The van der Waals surface area contributed by atoms with Gasteiger partial charge in [0, 0.05) is 13.2 Å². The van der Waals surface area contributed by atoms with E-state index < -0.39 is 86.5 Å². The molecule has 0 aromatic heterocycles. The lowest BCUT2D eigenvalue weighted by molar-refractivity contribution is -0.916. The molecular weight excluding hydrogens is 1100 g/mol. The molecule has 86 heavy (non-hydrogen) atoms. The van der Waals surface area contributed by atoms with Gasteiger partial charge in [-0.25, -0.2) is 9.78 Å². The van der Waals surface area contributed by atoms with E-state index in [1.807, 2.05) is 0 Å². The zero-order chi connectivity index (χ0) is 64.1. The third kappa shape index (κ3) is 47.2. The number of rotatable bonds is 67. The van der Waals surface area contributed by atoms with Gasteiger partial charge in [-0.3, -0.25) is 0 Å². The SMILES string of the molecule is CCCCCCCCCCCCCCCCCCCCCCOCC(C[N+](C)(C)CC(O)C(O)C(O)CCO)OOCC(O)C(O)C(O)C(O)C[N+](C)(CCCCCCCCCCCCCCCCCCCCCC)CC(O)C(O)C(O)C(O)CO. The molecule has 13 atom stereocenters. The fraction of sp³-hybridized carbons (Fsp3) is 1.00. The first-order valence-electron chi connectivity index (χ1n) is 35.5. The summed E-state index contributed by atoms with van der Waals surface area (Å²) in [6.45, 7) is 3.36. The zero-order valence-corrected chi connectivity index (χ0v) is 55.9. The molecule has 0 saturated carbocycles. The van der Waals surface area contributed by atoms with Crippen LogP contribution < -0.4 is 0 Å². The Hall–Kier alpha value is -0.720. The molecule has 13 unspecified atom stereocenters. The average molecular weight is 1240 g/mol. The molecule has 518 valence electrons. The highest BCUT2D eigenvalue weighted by Gasteiger charge is 2.40. The van der Waals surface area contributed by atoms with Crippen molar-refractivity contribution >= 4 is 0 Å². The highest BCUT2D eigenvalue weighted by molar-refractivity contribution is 4.83. The van der Waals surface area contributed by atoms with E-state index in [9.17, 15) is 66.4 Å². The molecule has 18 heteroatoms. The van der Waals surface area contributed by atoms with E-state index in [-0.39, 0.29) is 54.8 Å². The standard InChI is InChI=1S/C68H142N2O16/c1-6-8-10-12-14-16-18-20-22-24-26-28-30-32-34-36-38-40-42-44-47-70(5,52-60(75)65(80)67(82)62(77)54-72)53-61(76)66(81)68(83)63(78)56-85-86-57(50-69(3,4)51-59(74)64(79)58(73)46-48-71)55-84-49-45-43-41-39-37-35-33-31-29-27-25-23-21-19-17-15-13-11-9-7-2/h57-68,71-83H,6-56H2,1-5H3/q+2. The highest BCUT2D eigenvalue weighted by atomic mass is 17.2. The number of hydrogen-bond acceptors (Lipinski definition) is 16. The van der Waals surface area contributed by atoms with E-state index >= 15 is 0 Å². The number of aliphatic hydroxyl groups excluding tert-OH is 13. The van der Waals surface area contributed by atoms with Crippen LogP contribution in [0.2, 0.25) is 0 Å². The summed E-state index contributed by atoms with van der Waals surface area (Å²) in [5, 5.41) is 137. The minimum Gasteiger partial charge on any atom is -0.396 e. The van der Waals surface area contributed by atoms with Crippen LogP contribution in [0.25, 0.3) is 0 Å². The lowest BCUT2D eigenvalue weighted by atomic mass is 9.99. The van der Waals surface area contributed by atoms with Crippen LogP contribution in [-0.2, 0) is 14.5 Å². The molecule has 0 aliphatic heterocycles. The molecular formula is C68H142N2O16+2. The monoisotopic (exact) mass is 1240 g/mol. The Kier molecular flexibility index (Phi) is 56.5. The van der Waals surface area contributed by atoms with Crippen LogP contribution in [0.1, 0.15) is 277 Å². The predicted octanol–water partition coefficient (Wildman–Crippen LogP) is 8.83. The van der Waals surface area contributed by atoms with E-state index in [2.05, 4.69) is 13.8 Å². The van der Waals surface area contributed by atoms with E-state index in [0.29, 0.717) is 19.6 Å². The Bertz CT molecular complexity index is 1430. The summed E-state index contributed by atoms with van der Waals surface area (Å²) in [4.78, 5) is 11.2. The Balaban J connectivity index is 5.21. The second-order valence-electron chi connectivity index (χ2n) is 27.1. The van der Waals surface area contributed by atoms with Crippen molar-refractivity contribution in [3.63, 3.8) is 0 Å². The molecule has 0 aromatic rings. The van der Waals surface area contributed by atoms with Gasteiger partial charge < -0.3 is 80.1 Å². The minimum absolute atomic E-state index is 0.00745. The van der Waals surface area contributed by atoms with E-state index in [4.69, 9.17) is 14.5 Å². The predicted molar refractivity (Wildman–Crippen MR) is 345 cm³/mol. The maximum atomic E-state index is 11.4. The molecule has 0 aliphatic rings. The van der Waals surface area contributed by atoms with Gasteiger partial charge in [0.25, 0.3) is 0 Å². The van der Waals surface area contributed by atoms with Crippen LogP contribution in [0.4, 0.5) is 0 Å². The van der Waals surface area contributed by atoms with Gasteiger partial charge in [0.1, 0.15) is 93.8 Å². The first-order chi connectivity index (χ1) is 41.3. The summed E-state index contributed by atoms with van der Waals surface area (Å²) in [5.41, 5.74) is 0. The van der Waals surface area contributed by atoms with Crippen LogP contribution in [0.3, 0.4) is 0 Å². The quantitative estimate of drug-likeness (QED) is 0.0117. The third-order valence-corrected chi connectivity index (χ3v) is 17.8. The number of nitrogens with zero attached hydrogens (tertiary/aromatic N) is 2. The lowest BCUT2D eigenvalue weighted by Gasteiger charge is -2.40. The van der Waals surface area contributed by atoms with E-state index in [1.54, 1.807) is 21.1 Å². The molecule has 0 spiro atoms. The molecule has 13 N–H and O–H groups in total. The summed E-state index contributed by atoms with van der Waals surface area (Å²) < 4.78 is 6.01. The number of hydrogen-bond donors (Lipinski definition) is 13. The largest absolute Gasteiger partial charge is 0.396 e. The molecule has 0 aromatic carbocycles. The van der Waals surface area contributed by atoms with Crippen LogP contribution in [0.5, 0.6) is 0 Å². The molecule has 0 aliphatic carbocycles. The van der Waals surface area contributed by atoms with Gasteiger partial charge >= 0.3 is 0 Å². The maximum Gasteiger partial charge on any atom is 0.165 e. The molecule has 0 bridgehead atoms. The van der Waals surface area contributed by atoms with Crippen LogP contribution in [0.15, 0.2) is 0 Å². The molecule has 0 amide bonds. The first-order valence-corrected chi connectivity index (χ1v) is 35.5. The fourth-order valence-electron chi connectivity index (χ4n) is 12.0. The summed E-state index contributed by atoms with van der Waals surface area (Å²) >= 11 is 0. The normalized spacial score (nSPS) is 17.4. The van der Waals surface area contributed by atoms with Crippen molar-refractivity contribution in [1.29, 1.82) is 0 Å². The third-order valence-electron chi connectivity index (χ3n) is 17.8. The van der Waals surface area contributed by atoms with Crippen molar-refractivity contribution in [3.8, 4) is 0 Å². The number of likely N-dealkylation sites (N-methyl/N-ethyl adjacent to an activating group) is 2. The molecule has 0 rings (SSSR count). The van der Waals surface area contributed by atoms with Crippen molar-refractivity contribution in [3.05, 3.63) is 0 Å². The van der Waals surface area contributed by atoms with Gasteiger partial charge in [-0.1, -0.05) is 251 Å². The molecule has 0 fully saturated rings. The van der Waals surface area contributed by atoms with Crippen LogP contribution >= 0.6 is 0 Å². The topological polar surface area (TPSA) is 291 Å². The van der Waals surface area contributed by atoms with E-state index in [0.717, 1.165) is 44.9 Å². The van der Waals surface area contributed by atoms with Gasteiger partial charge in [-0.15, -0.1) is 0 Å². The van der Waals surface area contributed by atoms with Crippen molar-refractivity contribution in [2.45, 2.75) is 350 Å². The number of unbranched alkanes of at least 4 members (excludes halogenated alkanes) is 38. The van der Waals surface area contributed by atoms with Crippen molar-refractivity contribution in [2.24, 2.45) is 0 Å². The minimum atomic E-state index is -1.91. The Morgan fingerprint density at radius 3 is 0.977 bits per heavy atom. The second-order valence-corrected chi connectivity index (χ2v) is 27.1. The van der Waals surface area contributed by atoms with Gasteiger partial charge in [0.15, 0.2) is 6.10 Å². The van der Waals surface area contributed by atoms with Crippen LogP contribution in [0, 0.1) is 0 Å². The highest BCUT2D eigenvalue weighted by Crippen LogP contribution is 2.21. The number of quaternary nitrogens is 2. The smallest absolute Gasteiger partial charge is 0.165 e. The molecule has 18 nitrogen and oxygen atoms in total. The summed E-state index contributed by atoms with van der Waals surface area (Å²) in [5.74, 6) is 0. The molecule has 0 radical (unpaired) electrons. The fourth-order valence-corrected chi connectivity index (χ4v) is 12.0. The average Bonchev–Trinajstić information content (AvgIpc) is 2.79. The number of ether oxygens (including phenoxy) is 1. The summed E-state index contributed by atoms with van der Waals surface area (Å²) in [6, 6.07) is 0. The second kappa shape index (κ2) is 57.0. The maximum absolute atomic E-state index is 11.4. The van der Waals surface area contributed by atoms with Crippen molar-refractivity contribution < 1.29 is 89.9 Å². The summed E-state index contributed by atoms with van der Waals surface area (Å²) in [7, 11) is 5.28. The zero-order valence-electron chi connectivity index (χ0n) is 55.9.